The Kier molecular flexibility index (Phi) is 7.87. The molecule has 142 valence electrons. The van der Waals surface area contributed by atoms with Gasteiger partial charge in [-0.15, -0.1) is 12.4 Å². The molecule has 1 saturated carbocycles. The first-order valence-corrected chi connectivity index (χ1v) is 9.86. The highest BCUT2D eigenvalue weighted by atomic mass is 35.5. The minimum atomic E-state index is -3.57. The van der Waals surface area contributed by atoms with Crippen LogP contribution in [0, 0.1) is 5.92 Å². The zero-order chi connectivity index (χ0) is 17.8. The maximum atomic E-state index is 12.6. The topological polar surface area (TPSA) is 98.5 Å². The molecule has 0 radical (unpaired) electrons. The van der Waals surface area contributed by atoms with E-state index in [1.54, 1.807) is 24.3 Å². The normalized spacial score (nSPS) is 23.6. The van der Waals surface area contributed by atoms with Gasteiger partial charge < -0.3 is 10.5 Å². The third-order valence-corrected chi connectivity index (χ3v) is 6.31. The minimum Gasteiger partial charge on any atom is -0.465 e. The second-order valence-corrected chi connectivity index (χ2v) is 8.28. The number of esters is 1. The predicted octanol–water partition coefficient (Wildman–Crippen LogP) is 2.22. The van der Waals surface area contributed by atoms with Crippen LogP contribution in [-0.2, 0) is 20.5 Å². The molecule has 25 heavy (non-hydrogen) atoms. The van der Waals surface area contributed by atoms with Crippen molar-refractivity contribution in [2.24, 2.45) is 11.7 Å². The van der Waals surface area contributed by atoms with Gasteiger partial charge in [-0.1, -0.05) is 31.9 Å². The van der Waals surface area contributed by atoms with Gasteiger partial charge in [0, 0.05) is 12.1 Å². The average molecular weight is 391 g/mol. The molecular weight excluding hydrogens is 364 g/mol. The van der Waals surface area contributed by atoms with E-state index in [1.807, 2.05) is 6.92 Å². The molecule has 0 aromatic heterocycles. The van der Waals surface area contributed by atoms with E-state index in [1.165, 1.54) is 7.11 Å². The molecule has 0 spiro atoms. The molecule has 1 aromatic carbocycles. The Bertz CT molecular complexity index is 696. The summed E-state index contributed by atoms with van der Waals surface area (Å²) in [6.45, 7) is 2.34. The molecule has 0 saturated heterocycles. The number of methoxy groups -OCH3 is 1. The molecule has 1 fully saturated rings. The molecule has 2 atom stereocenters. The summed E-state index contributed by atoms with van der Waals surface area (Å²) < 4.78 is 32.8. The molecule has 1 aliphatic rings. The van der Waals surface area contributed by atoms with Crippen molar-refractivity contribution in [3.63, 3.8) is 0 Å². The van der Waals surface area contributed by atoms with E-state index in [4.69, 9.17) is 5.73 Å². The van der Waals surface area contributed by atoms with E-state index < -0.39 is 21.5 Å². The molecule has 1 aliphatic carbocycles. The average Bonchev–Trinajstić information content (AvgIpc) is 2.56. The van der Waals surface area contributed by atoms with Crippen LogP contribution in [0.5, 0.6) is 0 Å². The summed E-state index contributed by atoms with van der Waals surface area (Å²) >= 11 is 0. The van der Waals surface area contributed by atoms with E-state index in [0.29, 0.717) is 11.1 Å². The van der Waals surface area contributed by atoms with Gasteiger partial charge in [-0.3, -0.25) is 0 Å². The van der Waals surface area contributed by atoms with Gasteiger partial charge in [0.05, 0.1) is 18.4 Å². The number of hydrogen-bond donors (Lipinski definition) is 2. The number of ether oxygens (including phenoxy) is 1. The van der Waals surface area contributed by atoms with Gasteiger partial charge in [0.2, 0.25) is 10.0 Å². The van der Waals surface area contributed by atoms with Crippen LogP contribution in [0.4, 0.5) is 0 Å². The highest BCUT2D eigenvalue weighted by molar-refractivity contribution is 7.88. The third kappa shape index (κ3) is 5.41. The lowest BCUT2D eigenvalue weighted by Gasteiger charge is -2.42. The lowest BCUT2D eigenvalue weighted by Crippen LogP contribution is -2.59. The number of halogens is 1. The molecular formula is C17H27ClN2O4S. The molecule has 1 aromatic rings. The maximum Gasteiger partial charge on any atom is 0.337 e. The Balaban J connectivity index is 0.00000312. The first kappa shape index (κ1) is 21.9. The third-order valence-electron chi connectivity index (χ3n) is 4.88. The van der Waals surface area contributed by atoms with Crippen LogP contribution in [0.2, 0.25) is 0 Å². The first-order valence-electron chi connectivity index (χ1n) is 8.21. The predicted molar refractivity (Wildman–Crippen MR) is 100 cm³/mol. The number of rotatable bonds is 6. The van der Waals surface area contributed by atoms with Crippen molar-refractivity contribution in [3.05, 3.63) is 35.4 Å². The smallest absolute Gasteiger partial charge is 0.337 e. The van der Waals surface area contributed by atoms with Crippen molar-refractivity contribution in [3.8, 4) is 0 Å². The van der Waals surface area contributed by atoms with Crippen LogP contribution in [0.3, 0.4) is 0 Å². The fourth-order valence-corrected chi connectivity index (χ4v) is 5.08. The van der Waals surface area contributed by atoms with Gasteiger partial charge in [0.1, 0.15) is 0 Å². The zero-order valence-electron chi connectivity index (χ0n) is 14.7. The number of nitrogens with one attached hydrogen (secondary N) is 1. The van der Waals surface area contributed by atoms with E-state index in [-0.39, 0.29) is 30.6 Å². The molecule has 6 nitrogen and oxygen atoms in total. The Labute approximate surface area is 156 Å². The van der Waals surface area contributed by atoms with E-state index in [9.17, 15) is 13.2 Å². The Morgan fingerprint density at radius 1 is 1.40 bits per heavy atom. The summed E-state index contributed by atoms with van der Waals surface area (Å²) in [5.74, 6) is -0.472. The fourth-order valence-electron chi connectivity index (χ4n) is 3.38. The number of benzene rings is 1. The standard InChI is InChI=1S/C17H26N2O4S.ClH/c1-13-6-3-4-9-17(13,12-18)19-24(21,22)11-14-7-5-8-15(10-14)16(20)23-2;/h5,7-8,10,13,19H,3-4,6,9,11-12,18H2,1-2H3;1H. The lowest BCUT2D eigenvalue weighted by atomic mass is 9.74. The number of hydrogen-bond acceptors (Lipinski definition) is 5. The van der Waals surface area contributed by atoms with Crippen LogP contribution >= 0.6 is 12.4 Å². The van der Waals surface area contributed by atoms with Crippen molar-refractivity contribution < 1.29 is 17.9 Å². The second-order valence-electron chi connectivity index (χ2n) is 6.56. The summed E-state index contributed by atoms with van der Waals surface area (Å²) in [4.78, 5) is 11.6. The van der Waals surface area contributed by atoms with Gasteiger partial charge in [-0.25, -0.2) is 17.9 Å². The molecule has 8 heteroatoms. The summed E-state index contributed by atoms with van der Waals surface area (Å²) in [5.41, 5.74) is 6.23. The second kappa shape index (κ2) is 8.98. The number of sulfonamides is 1. The zero-order valence-corrected chi connectivity index (χ0v) is 16.3. The van der Waals surface area contributed by atoms with Crippen molar-refractivity contribution in [2.45, 2.75) is 43.9 Å². The van der Waals surface area contributed by atoms with E-state index in [0.717, 1.165) is 25.7 Å². The minimum absolute atomic E-state index is 0. The van der Waals surface area contributed by atoms with Crippen LogP contribution in [0.25, 0.3) is 0 Å². The molecule has 0 bridgehead atoms. The Hall–Kier alpha value is -1.15. The SMILES string of the molecule is COC(=O)c1cccc(CS(=O)(=O)NC2(CN)CCCCC2C)c1.Cl. The number of carbonyl (C=O) groups excluding carboxylic acids is 1. The Morgan fingerprint density at radius 3 is 2.72 bits per heavy atom. The summed E-state index contributed by atoms with van der Waals surface area (Å²) in [7, 11) is -2.27. The molecule has 0 aliphatic heterocycles. The molecule has 2 unspecified atom stereocenters. The van der Waals surface area contributed by atoms with Crippen molar-refractivity contribution in [1.29, 1.82) is 0 Å². The Morgan fingerprint density at radius 2 is 2.12 bits per heavy atom. The largest absolute Gasteiger partial charge is 0.465 e. The highest BCUT2D eigenvalue weighted by Crippen LogP contribution is 2.33. The van der Waals surface area contributed by atoms with Crippen molar-refractivity contribution in [1.82, 2.24) is 4.72 Å². The molecule has 2 rings (SSSR count). The van der Waals surface area contributed by atoms with Crippen LogP contribution in [0.1, 0.15) is 48.5 Å². The molecule has 0 amide bonds. The van der Waals surface area contributed by atoms with Gasteiger partial charge >= 0.3 is 5.97 Å². The van der Waals surface area contributed by atoms with Crippen molar-refractivity contribution in [2.75, 3.05) is 13.7 Å². The van der Waals surface area contributed by atoms with Gasteiger partial charge in [0.25, 0.3) is 0 Å². The summed E-state index contributed by atoms with van der Waals surface area (Å²) in [6, 6.07) is 6.48. The van der Waals surface area contributed by atoms with Crippen LogP contribution in [-0.4, -0.2) is 33.6 Å². The summed E-state index contributed by atoms with van der Waals surface area (Å²) in [6.07, 6.45) is 3.80. The molecule has 3 N–H and O–H groups in total. The number of carbonyl (C=O) groups is 1. The monoisotopic (exact) mass is 390 g/mol. The van der Waals surface area contributed by atoms with Gasteiger partial charge in [0.15, 0.2) is 0 Å². The van der Waals surface area contributed by atoms with E-state index in [2.05, 4.69) is 9.46 Å². The van der Waals surface area contributed by atoms with Crippen LogP contribution in [0.15, 0.2) is 24.3 Å². The van der Waals surface area contributed by atoms with Gasteiger partial charge in [-0.05, 0) is 36.5 Å². The maximum absolute atomic E-state index is 12.6. The van der Waals surface area contributed by atoms with Gasteiger partial charge in [-0.2, -0.15) is 0 Å². The molecule has 0 heterocycles. The van der Waals surface area contributed by atoms with Crippen LogP contribution < -0.4 is 10.5 Å². The van der Waals surface area contributed by atoms with E-state index >= 15 is 0 Å². The quantitative estimate of drug-likeness (QED) is 0.725. The number of nitrogens with two attached hydrogens (primary N) is 1. The fraction of sp³-hybridized carbons (Fsp3) is 0.588. The van der Waals surface area contributed by atoms with Crippen molar-refractivity contribution >= 4 is 28.4 Å². The lowest BCUT2D eigenvalue weighted by molar-refractivity contribution is 0.0600. The summed E-state index contributed by atoms with van der Waals surface area (Å²) in [5, 5.41) is 0. The first-order chi connectivity index (χ1) is 11.3. The highest BCUT2D eigenvalue weighted by Gasteiger charge is 2.40.